The molecule has 1 rings (SSSR count). The molecule has 3 heteroatoms. The van der Waals surface area contributed by atoms with Crippen LogP contribution in [0.2, 0.25) is 0 Å². The highest BCUT2D eigenvalue weighted by atomic mass is 15.5. The van der Waals surface area contributed by atoms with E-state index in [1.54, 1.807) is 0 Å². The smallest absolute Gasteiger partial charge is 0.119 e. The molecule has 1 saturated heterocycles. The third-order valence-corrected chi connectivity index (χ3v) is 2.95. The lowest BCUT2D eigenvalue weighted by Crippen LogP contribution is -2.59. The van der Waals surface area contributed by atoms with Crippen molar-refractivity contribution < 1.29 is 0 Å². The Morgan fingerprint density at radius 3 is 1.92 bits per heavy atom. The highest BCUT2D eigenvalue weighted by molar-refractivity contribution is 4.74. The largest absolute Gasteiger partial charge is 0.279 e. The van der Waals surface area contributed by atoms with E-state index in [2.05, 4.69) is 42.6 Å². The van der Waals surface area contributed by atoms with Gasteiger partial charge in [-0.2, -0.15) is 0 Å². The molecule has 0 bridgehead atoms. The summed E-state index contributed by atoms with van der Waals surface area (Å²) in [5, 5.41) is 0. The number of rotatable bonds is 3. The van der Waals surface area contributed by atoms with Crippen LogP contribution in [0.25, 0.3) is 0 Å². The second-order valence-corrected chi connectivity index (χ2v) is 3.88. The van der Waals surface area contributed by atoms with Gasteiger partial charge >= 0.3 is 0 Å². The van der Waals surface area contributed by atoms with Gasteiger partial charge in [-0.05, 0) is 33.6 Å². The SMILES string of the molecule is CCN(CC)C1N(C)CCCN1C. The molecule has 13 heavy (non-hydrogen) atoms. The normalized spacial score (nSPS) is 22.8. The van der Waals surface area contributed by atoms with Crippen LogP contribution in [0.3, 0.4) is 0 Å². The highest BCUT2D eigenvalue weighted by Gasteiger charge is 2.27. The first-order chi connectivity index (χ1) is 6.20. The molecule has 1 aliphatic rings. The van der Waals surface area contributed by atoms with Crippen LogP contribution in [-0.4, -0.2) is 61.3 Å². The molecule has 3 nitrogen and oxygen atoms in total. The van der Waals surface area contributed by atoms with Crippen molar-refractivity contribution in [3.05, 3.63) is 0 Å². The Hall–Kier alpha value is -0.120. The Labute approximate surface area is 82.3 Å². The number of hydrogen-bond donors (Lipinski definition) is 0. The van der Waals surface area contributed by atoms with Crippen LogP contribution < -0.4 is 0 Å². The predicted octanol–water partition coefficient (Wildman–Crippen LogP) is 0.879. The van der Waals surface area contributed by atoms with Gasteiger partial charge in [0.15, 0.2) is 0 Å². The molecule has 0 saturated carbocycles. The lowest BCUT2D eigenvalue weighted by Gasteiger charge is -2.45. The molecule has 0 amide bonds. The van der Waals surface area contributed by atoms with Gasteiger partial charge in [0, 0.05) is 13.1 Å². The molecule has 0 aliphatic carbocycles. The monoisotopic (exact) mass is 185 g/mol. The van der Waals surface area contributed by atoms with E-state index in [-0.39, 0.29) is 0 Å². The van der Waals surface area contributed by atoms with Gasteiger partial charge in [-0.25, -0.2) is 0 Å². The molecule has 0 atom stereocenters. The molecule has 0 unspecified atom stereocenters. The molecular formula is C10H23N3. The summed E-state index contributed by atoms with van der Waals surface area (Å²) in [6, 6.07) is 0. The maximum atomic E-state index is 2.50. The Bertz CT molecular complexity index is 135. The third-order valence-electron chi connectivity index (χ3n) is 2.95. The molecule has 1 heterocycles. The topological polar surface area (TPSA) is 9.72 Å². The second-order valence-electron chi connectivity index (χ2n) is 3.88. The number of nitrogens with zero attached hydrogens (tertiary/aromatic N) is 3. The van der Waals surface area contributed by atoms with E-state index < -0.39 is 0 Å². The van der Waals surface area contributed by atoms with Crippen molar-refractivity contribution in [1.29, 1.82) is 0 Å². The fourth-order valence-corrected chi connectivity index (χ4v) is 2.24. The fourth-order valence-electron chi connectivity index (χ4n) is 2.24. The molecule has 0 N–H and O–H groups in total. The summed E-state index contributed by atoms with van der Waals surface area (Å²) in [5.74, 6) is 0. The van der Waals surface area contributed by atoms with E-state index in [1.807, 2.05) is 0 Å². The third kappa shape index (κ3) is 2.42. The van der Waals surface area contributed by atoms with Crippen molar-refractivity contribution in [2.24, 2.45) is 0 Å². The quantitative estimate of drug-likeness (QED) is 0.646. The van der Waals surface area contributed by atoms with Crippen molar-refractivity contribution in [2.45, 2.75) is 26.6 Å². The Kier molecular flexibility index (Phi) is 4.16. The predicted molar refractivity (Wildman–Crippen MR) is 56.6 cm³/mol. The zero-order valence-corrected chi connectivity index (χ0v) is 9.45. The van der Waals surface area contributed by atoms with Crippen molar-refractivity contribution in [3.8, 4) is 0 Å². The maximum Gasteiger partial charge on any atom is 0.119 e. The molecule has 78 valence electrons. The summed E-state index contributed by atoms with van der Waals surface area (Å²) in [5.41, 5.74) is 0. The van der Waals surface area contributed by atoms with Crippen LogP contribution in [0.5, 0.6) is 0 Å². The molecule has 1 fully saturated rings. The van der Waals surface area contributed by atoms with Crippen molar-refractivity contribution >= 4 is 0 Å². The van der Waals surface area contributed by atoms with Gasteiger partial charge in [0.05, 0.1) is 0 Å². The van der Waals surface area contributed by atoms with E-state index in [0.717, 1.165) is 13.1 Å². The lowest BCUT2D eigenvalue weighted by atomic mass is 10.3. The minimum Gasteiger partial charge on any atom is -0.279 e. The lowest BCUT2D eigenvalue weighted by molar-refractivity contribution is -0.0676. The molecule has 0 spiro atoms. The van der Waals surface area contributed by atoms with Crippen LogP contribution in [0.15, 0.2) is 0 Å². The van der Waals surface area contributed by atoms with E-state index in [9.17, 15) is 0 Å². The van der Waals surface area contributed by atoms with Crippen LogP contribution in [0, 0.1) is 0 Å². The first kappa shape index (κ1) is 11.0. The van der Waals surface area contributed by atoms with Gasteiger partial charge in [-0.3, -0.25) is 14.7 Å². The van der Waals surface area contributed by atoms with Crippen LogP contribution in [-0.2, 0) is 0 Å². The van der Waals surface area contributed by atoms with E-state index in [0.29, 0.717) is 6.29 Å². The summed E-state index contributed by atoms with van der Waals surface area (Å²) in [6.45, 7) is 9.20. The van der Waals surface area contributed by atoms with E-state index in [1.165, 1.54) is 19.5 Å². The standard InChI is InChI=1S/C10H23N3/c1-5-13(6-2)10-11(3)8-7-9-12(10)4/h10H,5-9H2,1-4H3. The van der Waals surface area contributed by atoms with Crippen LogP contribution in [0.1, 0.15) is 20.3 Å². The molecule has 0 aromatic carbocycles. The minimum atomic E-state index is 0.517. The zero-order valence-electron chi connectivity index (χ0n) is 9.45. The Balaban J connectivity index is 2.60. The maximum absolute atomic E-state index is 2.50. The van der Waals surface area contributed by atoms with Gasteiger partial charge in [0.25, 0.3) is 0 Å². The molecule has 1 aliphatic heterocycles. The summed E-state index contributed by atoms with van der Waals surface area (Å²) < 4.78 is 0. The van der Waals surface area contributed by atoms with E-state index in [4.69, 9.17) is 0 Å². The van der Waals surface area contributed by atoms with Gasteiger partial charge in [0.2, 0.25) is 0 Å². The van der Waals surface area contributed by atoms with E-state index >= 15 is 0 Å². The molecular weight excluding hydrogens is 162 g/mol. The number of hydrogen-bond acceptors (Lipinski definition) is 3. The average Bonchev–Trinajstić information content (AvgIpc) is 2.11. The minimum absolute atomic E-state index is 0.517. The average molecular weight is 185 g/mol. The highest BCUT2D eigenvalue weighted by Crippen LogP contribution is 2.13. The molecule has 0 radical (unpaired) electrons. The van der Waals surface area contributed by atoms with Crippen molar-refractivity contribution in [2.75, 3.05) is 40.3 Å². The first-order valence-electron chi connectivity index (χ1n) is 5.35. The summed E-state index contributed by atoms with van der Waals surface area (Å²) in [6.07, 6.45) is 1.81. The van der Waals surface area contributed by atoms with Gasteiger partial charge in [-0.15, -0.1) is 0 Å². The molecule has 0 aromatic rings. The van der Waals surface area contributed by atoms with Gasteiger partial charge in [-0.1, -0.05) is 13.8 Å². The zero-order chi connectivity index (χ0) is 9.84. The Morgan fingerprint density at radius 2 is 1.54 bits per heavy atom. The second kappa shape index (κ2) is 4.94. The van der Waals surface area contributed by atoms with Crippen molar-refractivity contribution in [1.82, 2.24) is 14.7 Å². The van der Waals surface area contributed by atoms with Gasteiger partial charge < -0.3 is 0 Å². The summed E-state index contributed by atoms with van der Waals surface area (Å²) in [4.78, 5) is 7.38. The Morgan fingerprint density at radius 1 is 1.08 bits per heavy atom. The van der Waals surface area contributed by atoms with Gasteiger partial charge in [0.1, 0.15) is 6.29 Å². The summed E-state index contributed by atoms with van der Waals surface area (Å²) in [7, 11) is 4.44. The molecule has 0 aromatic heterocycles. The van der Waals surface area contributed by atoms with Crippen LogP contribution >= 0.6 is 0 Å². The van der Waals surface area contributed by atoms with Crippen molar-refractivity contribution in [3.63, 3.8) is 0 Å². The summed E-state index contributed by atoms with van der Waals surface area (Å²) >= 11 is 0. The van der Waals surface area contributed by atoms with Crippen LogP contribution in [0.4, 0.5) is 0 Å². The first-order valence-corrected chi connectivity index (χ1v) is 5.35. The fraction of sp³-hybridized carbons (Fsp3) is 1.00.